The molecule has 31 heavy (non-hydrogen) atoms. The van der Waals surface area contributed by atoms with Crippen LogP contribution >= 0.6 is 0 Å². The highest BCUT2D eigenvalue weighted by molar-refractivity contribution is 5.97. The first-order chi connectivity index (χ1) is 15.3. The maximum absolute atomic E-state index is 14.7. The van der Waals surface area contributed by atoms with E-state index in [1.54, 1.807) is 37.1 Å². The molecule has 8 nitrogen and oxygen atoms in total. The Morgan fingerprint density at radius 3 is 2.58 bits per heavy atom. The molecule has 1 aromatic carbocycles. The van der Waals surface area contributed by atoms with Crippen LogP contribution in [0.4, 0.5) is 4.39 Å². The second kappa shape index (κ2) is 6.77. The van der Waals surface area contributed by atoms with Crippen LogP contribution in [0.1, 0.15) is 0 Å². The third-order valence-electron chi connectivity index (χ3n) is 5.11. The monoisotopic (exact) mass is 408 g/mol. The SMILES string of the molecule is Fc1cc2[nH]nc(-c3nc4nccc(-c5cccnc5)c4[nH]3)c2cc1-c1cncnc1. The molecule has 6 aromatic rings. The fourth-order valence-corrected chi connectivity index (χ4v) is 3.66. The summed E-state index contributed by atoms with van der Waals surface area (Å²) in [4.78, 5) is 24.5. The van der Waals surface area contributed by atoms with E-state index in [4.69, 9.17) is 0 Å². The van der Waals surface area contributed by atoms with Gasteiger partial charge in [-0.15, -0.1) is 0 Å². The number of aromatic nitrogens is 8. The quantitative estimate of drug-likeness (QED) is 0.455. The molecule has 0 spiro atoms. The Morgan fingerprint density at radius 1 is 0.871 bits per heavy atom. The van der Waals surface area contributed by atoms with Crippen LogP contribution in [0.3, 0.4) is 0 Å². The summed E-state index contributed by atoms with van der Waals surface area (Å²) < 4.78 is 14.7. The lowest BCUT2D eigenvalue weighted by atomic mass is 10.0. The van der Waals surface area contributed by atoms with Crippen molar-refractivity contribution in [3.05, 3.63) is 73.5 Å². The van der Waals surface area contributed by atoms with E-state index in [0.29, 0.717) is 33.8 Å². The molecule has 0 bridgehead atoms. The van der Waals surface area contributed by atoms with Gasteiger partial charge in [0.1, 0.15) is 17.8 Å². The van der Waals surface area contributed by atoms with Gasteiger partial charge in [0.15, 0.2) is 11.5 Å². The van der Waals surface area contributed by atoms with Crippen LogP contribution < -0.4 is 0 Å². The third-order valence-corrected chi connectivity index (χ3v) is 5.11. The van der Waals surface area contributed by atoms with Crippen LogP contribution in [0.5, 0.6) is 0 Å². The van der Waals surface area contributed by atoms with E-state index in [1.165, 1.54) is 12.4 Å². The topological polar surface area (TPSA) is 109 Å². The van der Waals surface area contributed by atoms with Crippen LogP contribution in [0.25, 0.3) is 55.8 Å². The highest BCUT2D eigenvalue weighted by Gasteiger charge is 2.18. The molecular formula is C22H13FN8. The number of hydrogen-bond donors (Lipinski definition) is 2. The standard InChI is InChI=1S/C22H13FN8/c23-17-7-18-16(6-15(17)13-9-25-11-26-10-13)20(31-30-18)22-28-19-14(3-5-27-21(19)29-22)12-2-1-4-24-8-12/h1-11H,(H,30,31)(H,27,28,29). The van der Waals surface area contributed by atoms with E-state index in [1.807, 2.05) is 18.2 Å². The summed E-state index contributed by atoms with van der Waals surface area (Å²) >= 11 is 0. The Labute approximate surface area is 174 Å². The fourth-order valence-electron chi connectivity index (χ4n) is 3.66. The highest BCUT2D eigenvalue weighted by Crippen LogP contribution is 2.33. The Bertz CT molecular complexity index is 1540. The van der Waals surface area contributed by atoms with Crippen molar-refractivity contribution in [3.63, 3.8) is 0 Å². The number of aromatic amines is 2. The van der Waals surface area contributed by atoms with E-state index < -0.39 is 0 Å². The van der Waals surface area contributed by atoms with Gasteiger partial charge in [-0.05, 0) is 18.2 Å². The molecule has 0 atom stereocenters. The number of hydrogen-bond acceptors (Lipinski definition) is 6. The van der Waals surface area contributed by atoms with Crippen LogP contribution in [-0.4, -0.2) is 40.1 Å². The molecule has 0 aliphatic rings. The van der Waals surface area contributed by atoms with Gasteiger partial charge in [0.05, 0.1) is 11.0 Å². The molecule has 9 heteroatoms. The second-order valence-electron chi connectivity index (χ2n) is 6.96. The number of nitrogens with one attached hydrogen (secondary N) is 2. The zero-order valence-corrected chi connectivity index (χ0v) is 15.9. The van der Waals surface area contributed by atoms with E-state index >= 15 is 0 Å². The van der Waals surface area contributed by atoms with Crippen molar-refractivity contribution in [2.45, 2.75) is 0 Å². The first-order valence-corrected chi connectivity index (χ1v) is 9.46. The molecule has 6 rings (SSSR count). The average Bonchev–Trinajstić information content (AvgIpc) is 3.43. The fraction of sp³-hybridized carbons (Fsp3) is 0. The molecule has 0 fully saturated rings. The number of H-pyrrole nitrogens is 2. The number of benzene rings is 1. The lowest BCUT2D eigenvalue weighted by Gasteiger charge is -2.03. The van der Waals surface area contributed by atoms with Gasteiger partial charge < -0.3 is 4.98 Å². The summed E-state index contributed by atoms with van der Waals surface area (Å²) in [6.45, 7) is 0. The summed E-state index contributed by atoms with van der Waals surface area (Å²) in [7, 11) is 0. The van der Waals surface area contributed by atoms with Gasteiger partial charge in [-0.3, -0.25) is 10.1 Å². The Hall–Kier alpha value is -4.53. The molecular weight excluding hydrogens is 395 g/mol. The molecule has 0 unspecified atom stereocenters. The minimum Gasteiger partial charge on any atom is -0.335 e. The smallest absolute Gasteiger partial charge is 0.178 e. The van der Waals surface area contributed by atoms with Crippen molar-refractivity contribution in [1.82, 2.24) is 40.1 Å². The molecule has 0 saturated carbocycles. The zero-order valence-electron chi connectivity index (χ0n) is 15.9. The molecule has 5 aromatic heterocycles. The lowest BCUT2D eigenvalue weighted by Crippen LogP contribution is -1.88. The van der Waals surface area contributed by atoms with E-state index in [9.17, 15) is 4.39 Å². The van der Waals surface area contributed by atoms with Crippen LogP contribution in [0.2, 0.25) is 0 Å². The number of pyridine rings is 2. The minimum atomic E-state index is -0.386. The first kappa shape index (κ1) is 17.3. The molecule has 0 aliphatic carbocycles. The van der Waals surface area contributed by atoms with Crippen molar-refractivity contribution in [2.24, 2.45) is 0 Å². The summed E-state index contributed by atoms with van der Waals surface area (Å²) in [5.41, 5.74) is 5.33. The molecule has 2 N–H and O–H groups in total. The second-order valence-corrected chi connectivity index (χ2v) is 6.96. The van der Waals surface area contributed by atoms with Gasteiger partial charge in [-0.1, -0.05) is 6.07 Å². The Balaban J connectivity index is 1.54. The van der Waals surface area contributed by atoms with Crippen LogP contribution in [0, 0.1) is 5.82 Å². The van der Waals surface area contributed by atoms with E-state index in [0.717, 1.165) is 22.0 Å². The van der Waals surface area contributed by atoms with Crippen molar-refractivity contribution in [1.29, 1.82) is 0 Å². The van der Waals surface area contributed by atoms with Gasteiger partial charge in [0.25, 0.3) is 0 Å². The summed E-state index contributed by atoms with van der Waals surface area (Å²) in [5.74, 6) is 0.148. The maximum Gasteiger partial charge on any atom is 0.178 e. The van der Waals surface area contributed by atoms with Crippen molar-refractivity contribution < 1.29 is 4.39 Å². The highest BCUT2D eigenvalue weighted by atomic mass is 19.1. The van der Waals surface area contributed by atoms with Gasteiger partial charge in [0, 0.05) is 64.7 Å². The van der Waals surface area contributed by atoms with E-state index in [2.05, 4.69) is 40.1 Å². The van der Waals surface area contributed by atoms with Crippen molar-refractivity contribution >= 4 is 22.1 Å². The Kier molecular flexibility index (Phi) is 3.79. The lowest BCUT2D eigenvalue weighted by molar-refractivity contribution is 0.632. The zero-order chi connectivity index (χ0) is 20.8. The predicted molar refractivity (Wildman–Crippen MR) is 113 cm³/mol. The minimum absolute atomic E-state index is 0.386. The number of rotatable bonds is 3. The van der Waals surface area contributed by atoms with Crippen molar-refractivity contribution in [3.8, 4) is 33.8 Å². The molecule has 0 aliphatic heterocycles. The van der Waals surface area contributed by atoms with Crippen LogP contribution in [-0.2, 0) is 0 Å². The summed E-state index contributed by atoms with van der Waals surface area (Å²) in [6.07, 6.45) is 9.77. The van der Waals surface area contributed by atoms with Gasteiger partial charge >= 0.3 is 0 Å². The number of fused-ring (bicyclic) bond motifs is 2. The third kappa shape index (κ3) is 2.83. The largest absolute Gasteiger partial charge is 0.335 e. The first-order valence-electron chi connectivity index (χ1n) is 9.46. The maximum atomic E-state index is 14.7. The molecule has 0 radical (unpaired) electrons. The van der Waals surface area contributed by atoms with E-state index in [-0.39, 0.29) is 5.82 Å². The predicted octanol–water partition coefficient (Wildman–Crippen LogP) is 4.16. The number of imidazole rings is 1. The van der Waals surface area contributed by atoms with Gasteiger partial charge in [0.2, 0.25) is 0 Å². The van der Waals surface area contributed by atoms with Gasteiger partial charge in [-0.2, -0.15) is 5.10 Å². The average molecular weight is 408 g/mol. The Morgan fingerprint density at radius 2 is 1.74 bits per heavy atom. The normalized spacial score (nSPS) is 11.4. The molecule has 0 saturated heterocycles. The van der Waals surface area contributed by atoms with Crippen molar-refractivity contribution in [2.75, 3.05) is 0 Å². The van der Waals surface area contributed by atoms with Gasteiger partial charge in [-0.25, -0.2) is 24.3 Å². The molecule has 148 valence electrons. The molecule has 5 heterocycles. The number of halogens is 1. The van der Waals surface area contributed by atoms with Crippen LogP contribution in [0.15, 0.2) is 67.6 Å². The molecule has 0 amide bonds. The summed E-state index contributed by atoms with van der Waals surface area (Å²) in [5, 5.41) is 7.99. The summed E-state index contributed by atoms with van der Waals surface area (Å²) in [6, 6.07) is 8.90. The number of nitrogens with zero attached hydrogens (tertiary/aromatic N) is 6.